The van der Waals surface area contributed by atoms with Crippen LogP contribution in [-0.4, -0.2) is 84.9 Å². The van der Waals surface area contributed by atoms with Gasteiger partial charge in [0.15, 0.2) is 0 Å². The molecule has 26 heavy (non-hydrogen) atoms. The minimum absolute atomic E-state index is 0.121. The van der Waals surface area contributed by atoms with Gasteiger partial charge in [-0.2, -0.15) is 0 Å². The molecule has 3 aliphatic heterocycles. The van der Waals surface area contributed by atoms with Crippen LogP contribution in [-0.2, 0) is 9.59 Å². The number of nitrogens with zero attached hydrogens (tertiary/aromatic N) is 3. The molecule has 3 aliphatic rings. The molecule has 3 fully saturated rings. The number of carbonyl (C=O) groups excluding carboxylic acids is 2. The summed E-state index contributed by atoms with van der Waals surface area (Å²) in [5, 5.41) is 3.41. The Labute approximate surface area is 158 Å². The predicted octanol–water partition coefficient (Wildman–Crippen LogP) is 1.17. The number of likely N-dealkylation sites (N-methyl/N-ethyl adjacent to an activating group) is 1. The van der Waals surface area contributed by atoms with Crippen molar-refractivity contribution in [1.29, 1.82) is 0 Å². The van der Waals surface area contributed by atoms with Gasteiger partial charge in [0, 0.05) is 38.6 Å². The van der Waals surface area contributed by atoms with Gasteiger partial charge in [-0.05, 0) is 57.8 Å². The van der Waals surface area contributed by atoms with Crippen molar-refractivity contribution in [3.05, 3.63) is 0 Å². The van der Waals surface area contributed by atoms with Gasteiger partial charge in [-0.25, -0.2) is 0 Å². The maximum Gasteiger partial charge on any atom is 0.227 e. The molecular formula is C20H36N4O2. The Morgan fingerprint density at radius 3 is 2.62 bits per heavy atom. The number of rotatable bonds is 7. The molecule has 0 aliphatic carbocycles. The lowest BCUT2D eigenvalue weighted by molar-refractivity contribution is -0.137. The van der Waals surface area contributed by atoms with E-state index in [1.165, 1.54) is 12.8 Å². The molecule has 0 aromatic heterocycles. The fourth-order valence-electron chi connectivity index (χ4n) is 4.85. The number of likely N-dealkylation sites (tertiary alicyclic amines) is 3. The summed E-state index contributed by atoms with van der Waals surface area (Å²) in [7, 11) is 0. The van der Waals surface area contributed by atoms with Gasteiger partial charge >= 0.3 is 0 Å². The zero-order chi connectivity index (χ0) is 18.5. The number of nitrogens with one attached hydrogen (secondary N) is 1. The molecule has 2 amide bonds. The summed E-state index contributed by atoms with van der Waals surface area (Å²) in [5.41, 5.74) is 0. The highest BCUT2D eigenvalue weighted by Gasteiger charge is 2.39. The molecule has 0 aromatic carbocycles. The Balaban J connectivity index is 1.47. The molecule has 1 N–H and O–H groups in total. The van der Waals surface area contributed by atoms with Crippen molar-refractivity contribution >= 4 is 11.8 Å². The second-order valence-corrected chi connectivity index (χ2v) is 8.20. The van der Waals surface area contributed by atoms with Gasteiger partial charge in [-0.3, -0.25) is 14.5 Å². The first-order valence-electron chi connectivity index (χ1n) is 10.6. The van der Waals surface area contributed by atoms with Gasteiger partial charge in [0.2, 0.25) is 11.8 Å². The molecular weight excluding hydrogens is 328 g/mol. The second kappa shape index (κ2) is 9.18. The molecule has 2 atom stereocenters. The first-order valence-corrected chi connectivity index (χ1v) is 10.6. The van der Waals surface area contributed by atoms with E-state index in [1.54, 1.807) is 0 Å². The Kier molecular flexibility index (Phi) is 6.92. The molecule has 0 bridgehead atoms. The van der Waals surface area contributed by atoms with Crippen molar-refractivity contribution in [3.8, 4) is 0 Å². The van der Waals surface area contributed by atoms with E-state index >= 15 is 0 Å². The van der Waals surface area contributed by atoms with E-state index in [0.717, 1.165) is 58.7 Å². The topological polar surface area (TPSA) is 55.9 Å². The highest BCUT2D eigenvalue weighted by Crippen LogP contribution is 2.26. The number of piperidine rings is 1. The number of hydrogen-bond acceptors (Lipinski definition) is 4. The molecule has 6 heteroatoms. The summed E-state index contributed by atoms with van der Waals surface area (Å²) < 4.78 is 0. The average molecular weight is 365 g/mol. The Bertz CT molecular complexity index is 490. The monoisotopic (exact) mass is 364 g/mol. The van der Waals surface area contributed by atoms with Gasteiger partial charge in [-0.15, -0.1) is 0 Å². The van der Waals surface area contributed by atoms with E-state index < -0.39 is 0 Å². The molecule has 148 valence electrons. The number of hydrogen-bond donors (Lipinski definition) is 1. The maximum atomic E-state index is 12.9. The van der Waals surface area contributed by atoms with Crippen molar-refractivity contribution in [2.24, 2.45) is 11.8 Å². The SMILES string of the molecule is CCNCC1CCN(C(=O)C2CC(=O)N(CC3CCCN3CC)C2)CC1. The molecule has 0 spiro atoms. The molecule has 2 unspecified atom stereocenters. The normalized spacial score (nSPS) is 28.3. The van der Waals surface area contributed by atoms with E-state index in [-0.39, 0.29) is 17.7 Å². The van der Waals surface area contributed by atoms with Crippen molar-refractivity contribution in [2.45, 2.75) is 52.0 Å². The summed E-state index contributed by atoms with van der Waals surface area (Å²) in [6.07, 6.45) is 4.97. The fourth-order valence-corrected chi connectivity index (χ4v) is 4.85. The van der Waals surface area contributed by atoms with E-state index in [4.69, 9.17) is 0 Å². The Morgan fingerprint density at radius 1 is 1.15 bits per heavy atom. The lowest BCUT2D eigenvalue weighted by Crippen LogP contribution is -2.44. The summed E-state index contributed by atoms with van der Waals surface area (Å²) in [5.74, 6) is 0.947. The van der Waals surface area contributed by atoms with Crippen LogP contribution in [0.2, 0.25) is 0 Å². The smallest absolute Gasteiger partial charge is 0.227 e. The zero-order valence-electron chi connectivity index (χ0n) is 16.6. The maximum absolute atomic E-state index is 12.9. The van der Waals surface area contributed by atoms with Crippen LogP contribution in [0.5, 0.6) is 0 Å². The zero-order valence-corrected chi connectivity index (χ0v) is 16.6. The van der Waals surface area contributed by atoms with Crippen molar-refractivity contribution in [1.82, 2.24) is 20.0 Å². The van der Waals surface area contributed by atoms with Gasteiger partial charge < -0.3 is 15.1 Å². The third-order valence-electron chi connectivity index (χ3n) is 6.51. The molecule has 0 radical (unpaired) electrons. The molecule has 3 heterocycles. The van der Waals surface area contributed by atoms with Crippen LogP contribution >= 0.6 is 0 Å². The average Bonchev–Trinajstić information content (AvgIpc) is 3.26. The van der Waals surface area contributed by atoms with Crippen LogP contribution < -0.4 is 5.32 Å². The fraction of sp³-hybridized carbons (Fsp3) is 0.900. The molecule has 6 nitrogen and oxygen atoms in total. The molecule has 0 saturated carbocycles. The van der Waals surface area contributed by atoms with Gasteiger partial charge in [0.25, 0.3) is 0 Å². The van der Waals surface area contributed by atoms with Crippen molar-refractivity contribution in [3.63, 3.8) is 0 Å². The Hall–Kier alpha value is -1.14. The Morgan fingerprint density at radius 2 is 1.92 bits per heavy atom. The van der Waals surface area contributed by atoms with Gasteiger partial charge in [0.05, 0.1) is 5.92 Å². The molecule has 0 aromatic rings. The summed E-state index contributed by atoms with van der Waals surface area (Å²) >= 11 is 0. The van der Waals surface area contributed by atoms with Crippen molar-refractivity contribution in [2.75, 3.05) is 52.4 Å². The van der Waals surface area contributed by atoms with Crippen LogP contribution in [0.15, 0.2) is 0 Å². The third kappa shape index (κ3) is 4.58. The first kappa shape index (κ1) is 19.6. The highest BCUT2D eigenvalue weighted by molar-refractivity contribution is 5.89. The lowest BCUT2D eigenvalue weighted by Gasteiger charge is -2.33. The highest BCUT2D eigenvalue weighted by atomic mass is 16.2. The third-order valence-corrected chi connectivity index (χ3v) is 6.51. The van der Waals surface area contributed by atoms with Crippen LogP contribution in [0, 0.1) is 11.8 Å². The summed E-state index contributed by atoms with van der Waals surface area (Å²) in [6, 6.07) is 0.486. The van der Waals surface area contributed by atoms with Crippen molar-refractivity contribution < 1.29 is 9.59 Å². The van der Waals surface area contributed by atoms with Gasteiger partial charge in [-0.1, -0.05) is 13.8 Å². The van der Waals surface area contributed by atoms with Crippen LogP contribution in [0.3, 0.4) is 0 Å². The molecule has 3 saturated heterocycles. The van der Waals surface area contributed by atoms with E-state index in [9.17, 15) is 9.59 Å². The van der Waals surface area contributed by atoms with E-state index in [0.29, 0.717) is 24.9 Å². The number of carbonyl (C=O) groups is 2. The van der Waals surface area contributed by atoms with Crippen LogP contribution in [0.25, 0.3) is 0 Å². The quantitative estimate of drug-likeness (QED) is 0.737. The molecule has 3 rings (SSSR count). The van der Waals surface area contributed by atoms with Crippen LogP contribution in [0.4, 0.5) is 0 Å². The second-order valence-electron chi connectivity index (χ2n) is 8.20. The predicted molar refractivity (Wildman–Crippen MR) is 103 cm³/mol. The standard InChI is InChI=1S/C20H36N4O2/c1-3-21-13-16-7-10-23(11-8-16)20(26)17-12-19(25)24(14-17)15-18-6-5-9-22(18)4-2/h16-18,21H,3-15H2,1-2H3. The summed E-state index contributed by atoms with van der Waals surface area (Å²) in [4.78, 5) is 31.8. The summed E-state index contributed by atoms with van der Waals surface area (Å²) in [6.45, 7) is 11.7. The van der Waals surface area contributed by atoms with E-state index in [2.05, 4.69) is 24.1 Å². The minimum Gasteiger partial charge on any atom is -0.342 e. The van der Waals surface area contributed by atoms with E-state index in [1.807, 2.05) is 9.80 Å². The number of amides is 2. The largest absolute Gasteiger partial charge is 0.342 e. The lowest BCUT2D eigenvalue weighted by atomic mass is 9.95. The minimum atomic E-state index is -0.121. The van der Waals surface area contributed by atoms with Gasteiger partial charge in [0.1, 0.15) is 0 Å². The van der Waals surface area contributed by atoms with Crippen LogP contribution in [0.1, 0.15) is 46.0 Å². The first-order chi connectivity index (χ1) is 12.6.